The number of benzene rings is 2. The largest absolute Gasteiger partial charge is 0.497 e. The summed E-state index contributed by atoms with van der Waals surface area (Å²) in [5.74, 6) is -0.923. The number of nitrogens with one attached hydrogen (secondary N) is 2. The van der Waals surface area contributed by atoms with E-state index < -0.39 is 24.5 Å². The number of amides is 3. The molecule has 3 amide bonds. The fraction of sp³-hybridized carbons (Fsp3) is 0.190. The Bertz CT molecular complexity index is 1040. The van der Waals surface area contributed by atoms with Gasteiger partial charge in [-0.1, -0.05) is 30.3 Å². The maximum absolute atomic E-state index is 12.3. The average molecular weight is 396 g/mol. The van der Waals surface area contributed by atoms with Gasteiger partial charge in [-0.2, -0.15) is 0 Å². The van der Waals surface area contributed by atoms with Gasteiger partial charge in [-0.25, -0.2) is 9.59 Å². The van der Waals surface area contributed by atoms with Gasteiger partial charge in [-0.3, -0.25) is 10.1 Å². The first-order valence-corrected chi connectivity index (χ1v) is 8.84. The first-order valence-electron chi connectivity index (χ1n) is 8.84. The molecule has 0 atom stereocenters. The van der Waals surface area contributed by atoms with Crippen LogP contribution in [0.15, 0.2) is 52.9 Å². The van der Waals surface area contributed by atoms with E-state index in [1.54, 1.807) is 32.2 Å². The first-order chi connectivity index (χ1) is 14.0. The van der Waals surface area contributed by atoms with Crippen molar-refractivity contribution in [3.8, 4) is 5.75 Å². The van der Waals surface area contributed by atoms with E-state index in [4.69, 9.17) is 13.9 Å². The van der Waals surface area contributed by atoms with Crippen molar-refractivity contribution >= 4 is 28.9 Å². The number of aryl methyl sites for hydroxylation is 1. The maximum Gasteiger partial charge on any atom is 0.375 e. The van der Waals surface area contributed by atoms with Gasteiger partial charge in [-0.15, -0.1) is 0 Å². The molecular formula is C21H20N2O6. The third-order valence-electron chi connectivity index (χ3n) is 4.21. The van der Waals surface area contributed by atoms with Gasteiger partial charge in [-0.05, 0) is 30.7 Å². The number of carbonyl (C=O) groups is 3. The van der Waals surface area contributed by atoms with Gasteiger partial charge in [0, 0.05) is 17.5 Å². The maximum atomic E-state index is 12.3. The van der Waals surface area contributed by atoms with Crippen LogP contribution < -0.4 is 15.4 Å². The zero-order chi connectivity index (χ0) is 20.8. The van der Waals surface area contributed by atoms with Crippen molar-refractivity contribution in [2.45, 2.75) is 13.5 Å². The van der Waals surface area contributed by atoms with Crippen LogP contribution in [0.3, 0.4) is 0 Å². The number of ether oxygens (including phenoxy) is 2. The zero-order valence-corrected chi connectivity index (χ0v) is 16.0. The lowest BCUT2D eigenvalue weighted by Crippen LogP contribution is -2.41. The van der Waals surface area contributed by atoms with E-state index >= 15 is 0 Å². The van der Waals surface area contributed by atoms with Gasteiger partial charge in [0.1, 0.15) is 11.3 Å². The van der Waals surface area contributed by atoms with Gasteiger partial charge in [0.05, 0.1) is 7.11 Å². The van der Waals surface area contributed by atoms with Crippen molar-refractivity contribution < 1.29 is 28.3 Å². The molecule has 0 aliphatic heterocycles. The third-order valence-corrected chi connectivity index (χ3v) is 4.21. The standard InChI is InChI=1S/C21H20N2O6/c1-13-16-10-15(27-2)8-9-17(16)29-19(13)20(25)28-12-18(24)23-21(26)22-11-14-6-4-3-5-7-14/h3-10H,11-12H2,1-2H3,(H2,22,23,24,26). The monoisotopic (exact) mass is 396 g/mol. The lowest BCUT2D eigenvalue weighted by molar-refractivity contribution is -0.123. The summed E-state index contributed by atoms with van der Waals surface area (Å²) < 4.78 is 15.6. The number of rotatable bonds is 6. The van der Waals surface area contributed by atoms with E-state index in [9.17, 15) is 14.4 Å². The molecule has 29 heavy (non-hydrogen) atoms. The molecule has 0 saturated heterocycles. The average Bonchev–Trinajstić information content (AvgIpc) is 3.07. The highest BCUT2D eigenvalue weighted by Crippen LogP contribution is 2.29. The summed E-state index contributed by atoms with van der Waals surface area (Å²) in [5.41, 5.74) is 1.96. The van der Waals surface area contributed by atoms with Gasteiger partial charge >= 0.3 is 12.0 Å². The van der Waals surface area contributed by atoms with Crippen molar-refractivity contribution in [2.75, 3.05) is 13.7 Å². The van der Waals surface area contributed by atoms with Gasteiger partial charge in [0.2, 0.25) is 5.76 Å². The number of fused-ring (bicyclic) bond motifs is 1. The Balaban J connectivity index is 1.52. The number of hydrogen-bond donors (Lipinski definition) is 2. The zero-order valence-electron chi connectivity index (χ0n) is 16.0. The van der Waals surface area contributed by atoms with Crippen LogP contribution in [0.1, 0.15) is 21.7 Å². The van der Waals surface area contributed by atoms with Crippen LogP contribution in [0, 0.1) is 6.92 Å². The summed E-state index contributed by atoms with van der Waals surface area (Å²) in [6.45, 7) is 1.36. The Labute approximate surface area is 166 Å². The number of methoxy groups -OCH3 is 1. The summed E-state index contributed by atoms with van der Waals surface area (Å²) in [4.78, 5) is 35.9. The van der Waals surface area contributed by atoms with E-state index in [2.05, 4.69) is 10.6 Å². The second-order valence-corrected chi connectivity index (χ2v) is 6.21. The van der Waals surface area contributed by atoms with Crippen LogP contribution in [0.4, 0.5) is 4.79 Å². The topological polar surface area (TPSA) is 107 Å². The van der Waals surface area contributed by atoms with Crippen LogP contribution in [0.5, 0.6) is 5.75 Å². The van der Waals surface area contributed by atoms with Crippen molar-refractivity contribution in [3.63, 3.8) is 0 Å². The van der Waals surface area contributed by atoms with Crippen LogP contribution >= 0.6 is 0 Å². The predicted octanol–water partition coefficient (Wildman–Crippen LogP) is 2.93. The Morgan fingerprint density at radius 1 is 1.07 bits per heavy atom. The number of carbonyl (C=O) groups excluding carboxylic acids is 3. The van der Waals surface area contributed by atoms with Crippen molar-refractivity contribution in [2.24, 2.45) is 0 Å². The molecule has 0 spiro atoms. The second kappa shape index (κ2) is 8.92. The van der Waals surface area contributed by atoms with Crippen LogP contribution in [0.25, 0.3) is 11.0 Å². The molecule has 2 aromatic carbocycles. The molecule has 0 bridgehead atoms. The van der Waals surface area contributed by atoms with E-state index in [0.717, 1.165) is 5.56 Å². The van der Waals surface area contributed by atoms with Crippen LogP contribution in [-0.4, -0.2) is 31.6 Å². The van der Waals surface area contributed by atoms with Crippen molar-refractivity contribution in [1.82, 2.24) is 10.6 Å². The molecule has 8 nitrogen and oxygen atoms in total. The third kappa shape index (κ3) is 4.92. The SMILES string of the molecule is COc1ccc2oc(C(=O)OCC(=O)NC(=O)NCc3ccccc3)c(C)c2c1. The van der Waals surface area contributed by atoms with E-state index in [-0.39, 0.29) is 12.3 Å². The summed E-state index contributed by atoms with van der Waals surface area (Å²) >= 11 is 0. The lowest BCUT2D eigenvalue weighted by atomic mass is 10.1. The summed E-state index contributed by atoms with van der Waals surface area (Å²) in [5, 5.41) is 5.35. The van der Waals surface area contributed by atoms with Crippen molar-refractivity contribution in [3.05, 3.63) is 65.4 Å². The molecule has 0 aliphatic rings. The fourth-order valence-corrected chi connectivity index (χ4v) is 2.70. The lowest BCUT2D eigenvalue weighted by Gasteiger charge is -2.07. The molecule has 3 aromatic rings. The van der Waals surface area contributed by atoms with Crippen LogP contribution in [-0.2, 0) is 16.1 Å². The van der Waals surface area contributed by atoms with E-state index in [1.807, 2.05) is 30.3 Å². The fourth-order valence-electron chi connectivity index (χ4n) is 2.70. The van der Waals surface area contributed by atoms with E-state index in [0.29, 0.717) is 22.3 Å². The molecule has 0 radical (unpaired) electrons. The molecule has 150 valence electrons. The minimum Gasteiger partial charge on any atom is -0.497 e. The number of furan rings is 1. The van der Waals surface area contributed by atoms with Crippen LogP contribution in [0.2, 0.25) is 0 Å². The molecule has 2 N–H and O–H groups in total. The second-order valence-electron chi connectivity index (χ2n) is 6.21. The minimum atomic E-state index is -0.794. The Hall–Kier alpha value is -3.81. The molecule has 0 unspecified atom stereocenters. The van der Waals surface area contributed by atoms with Crippen molar-refractivity contribution in [1.29, 1.82) is 0 Å². The molecule has 3 rings (SSSR count). The number of esters is 1. The number of imide groups is 1. The Morgan fingerprint density at radius 2 is 1.83 bits per heavy atom. The van der Waals surface area contributed by atoms with Gasteiger partial charge in [0.25, 0.3) is 5.91 Å². The highest BCUT2D eigenvalue weighted by molar-refractivity contribution is 5.99. The Kier molecular flexibility index (Phi) is 6.13. The molecule has 8 heteroatoms. The molecule has 0 saturated carbocycles. The Morgan fingerprint density at radius 3 is 2.55 bits per heavy atom. The summed E-state index contributed by atoms with van der Waals surface area (Å²) in [7, 11) is 1.54. The minimum absolute atomic E-state index is 0.00502. The highest BCUT2D eigenvalue weighted by Gasteiger charge is 2.21. The number of hydrogen-bond acceptors (Lipinski definition) is 6. The van der Waals surface area contributed by atoms with Gasteiger partial charge < -0.3 is 19.2 Å². The normalized spacial score (nSPS) is 10.4. The molecule has 1 heterocycles. The summed E-state index contributed by atoms with van der Waals surface area (Å²) in [6.07, 6.45) is 0. The highest BCUT2D eigenvalue weighted by atomic mass is 16.5. The van der Waals surface area contributed by atoms with Gasteiger partial charge in [0.15, 0.2) is 6.61 Å². The molecule has 0 fully saturated rings. The molecule has 0 aliphatic carbocycles. The molecule has 1 aromatic heterocycles. The number of urea groups is 1. The predicted molar refractivity (Wildman–Crippen MR) is 105 cm³/mol. The van der Waals surface area contributed by atoms with E-state index in [1.165, 1.54) is 0 Å². The summed E-state index contributed by atoms with van der Waals surface area (Å²) in [6, 6.07) is 13.7. The quantitative estimate of drug-likeness (QED) is 0.621. The molecular weight excluding hydrogens is 376 g/mol. The first kappa shape index (κ1) is 19.9. The smallest absolute Gasteiger partial charge is 0.375 e.